The van der Waals surface area contributed by atoms with Crippen molar-refractivity contribution < 1.29 is 0 Å². The molecule has 1 fully saturated rings. The van der Waals surface area contributed by atoms with Gasteiger partial charge < -0.3 is 10.6 Å². The molecule has 0 saturated carbocycles. The molecule has 1 aromatic carbocycles. The Morgan fingerprint density at radius 2 is 2.00 bits per heavy atom. The van der Waals surface area contributed by atoms with Crippen LogP contribution in [-0.2, 0) is 0 Å². The van der Waals surface area contributed by atoms with Crippen LogP contribution in [0.3, 0.4) is 0 Å². The lowest BCUT2D eigenvalue weighted by molar-refractivity contribution is 0.774. The van der Waals surface area contributed by atoms with Crippen molar-refractivity contribution in [3.63, 3.8) is 0 Å². The molecule has 4 nitrogen and oxygen atoms in total. The summed E-state index contributed by atoms with van der Waals surface area (Å²) in [5.41, 5.74) is 7.20. The molecule has 1 unspecified atom stereocenters. The molecule has 1 aliphatic heterocycles. The van der Waals surface area contributed by atoms with Crippen LogP contribution in [-0.4, -0.2) is 23.1 Å². The number of nitrogen functional groups attached to an aromatic ring is 1. The van der Waals surface area contributed by atoms with E-state index in [1.807, 2.05) is 0 Å². The van der Waals surface area contributed by atoms with E-state index in [0.29, 0.717) is 11.7 Å². The number of rotatable bonds is 2. The minimum Gasteiger partial charge on any atom is -0.383 e. The van der Waals surface area contributed by atoms with Crippen LogP contribution in [0.25, 0.3) is 0 Å². The van der Waals surface area contributed by atoms with E-state index in [-0.39, 0.29) is 0 Å². The number of benzene rings is 1. The SMILES string of the molecule is Nc1ncnc(N2CCC(c3ccccc3)C2)c1Br. The smallest absolute Gasteiger partial charge is 0.148 e. The van der Waals surface area contributed by atoms with Crippen LogP contribution < -0.4 is 10.6 Å². The highest BCUT2D eigenvalue weighted by atomic mass is 79.9. The molecule has 3 rings (SSSR count). The van der Waals surface area contributed by atoms with Crippen molar-refractivity contribution in [2.75, 3.05) is 23.7 Å². The van der Waals surface area contributed by atoms with E-state index in [2.05, 4.69) is 61.1 Å². The molecular formula is C14H15BrN4. The fourth-order valence-electron chi connectivity index (χ4n) is 2.54. The minimum atomic E-state index is 0.494. The van der Waals surface area contributed by atoms with Gasteiger partial charge in [-0.15, -0.1) is 0 Å². The van der Waals surface area contributed by atoms with Gasteiger partial charge >= 0.3 is 0 Å². The molecular weight excluding hydrogens is 304 g/mol. The molecule has 2 heterocycles. The summed E-state index contributed by atoms with van der Waals surface area (Å²) in [5.74, 6) is 1.95. The van der Waals surface area contributed by atoms with Crippen molar-refractivity contribution in [3.8, 4) is 0 Å². The molecule has 2 N–H and O–H groups in total. The maximum atomic E-state index is 5.81. The van der Waals surface area contributed by atoms with Crippen LogP contribution in [0.5, 0.6) is 0 Å². The summed E-state index contributed by atoms with van der Waals surface area (Å²) in [6, 6.07) is 10.6. The van der Waals surface area contributed by atoms with Crippen LogP contribution in [0.2, 0.25) is 0 Å². The first-order valence-electron chi connectivity index (χ1n) is 6.31. The first kappa shape index (κ1) is 12.4. The number of hydrogen-bond acceptors (Lipinski definition) is 4. The van der Waals surface area contributed by atoms with Gasteiger partial charge in [0, 0.05) is 19.0 Å². The highest BCUT2D eigenvalue weighted by molar-refractivity contribution is 9.10. The lowest BCUT2D eigenvalue weighted by Crippen LogP contribution is -2.21. The fraction of sp³-hybridized carbons (Fsp3) is 0.286. The molecule has 1 saturated heterocycles. The summed E-state index contributed by atoms with van der Waals surface area (Å²) in [7, 11) is 0. The van der Waals surface area contributed by atoms with E-state index in [4.69, 9.17) is 5.73 Å². The van der Waals surface area contributed by atoms with E-state index in [1.165, 1.54) is 11.9 Å². The summed E-state index contributed by atoms with van der Waals surface area (Å²) in [5, 5.41) is 0. The zero-order chi connectivity index (χ0) is 13.2. The molecule has 0 spiro atoms. The van der Waals surface area contributed by atoms with E-state index in [9.17, 15) is 0 Å². The Morgan fingerprint density at radius 1 is 1.21 bits per heavy atom. The van der Waals surface area contributed by atoms with Gasteiger partial charge in [0.2, 0.25) is 0 Å². The first-order valence-corrected chi connectivity index (χ1v) is 7.11. The quantitative estimate of drug-likeness (QED) is 0.925. The number of hydrogen-bond donors (Lipinski definition) is 1. The summed E-state index contributed by atoms with van der Waals surface area (Å²) in [6.07, 6.45) is 2.66. The van der Waals surface area contributed by atoms with Gasteiger partial charge in [-0.05, 0) is 27.9 Å². The summed E-state index contributed by atoms with van der Waals surface area (Å²) >= 11 is 3.47. The number of anilines is 2. The Labute approximate surface area is 120 Å². The third-order valence-corrected chi connectivity index (χ3v) is 4.32. The van der Waals surface area contributed by atoms with Gasteiger partial charge in [0.25, 0.3) is 0 Å². The van der Waals surface area contributed by atoms with Crippen LogP contribution >= 0.6 is 15.9 Å². The Bertz CT molecular complexity index is 573. The molecule has 5 heteroatoms. The Hall–Kier alpha value is -1.62. The predicted octanol–water partition coefficient (Wildman–Crippen LogP) is 2.82. The molecule has 98 valence electrons. The maximum Gasteiger partial charge on any atom is 0.148 e. The largest absolute Gasteiger partial charge is 0.383 e. The average Bonchev–Trinajstić information content (AvgIpc) is 2.92. The summed E-state index contributed by atoms with van der Waals surface area (Å²) in [4.78, 5) is 10.6. The number of nitrogens with zero attached hydrogens (tertiary/aromatic N) is 3. The summed E-state index contributed by atoms with van der Waals surface area (Å²) in [6.45, 7) is 1.97. The highest BCUT2D eigenvalue weighted by Crippen LogP contribution is 2.34. The second-order valence-corrected chi connectivity index (χ2v) is 5.53. The third-order valence-electron chi connectivity index (χ3n) is 3.56. The topological polar surface area (TPSA) is 55.0 Å². The molecule has 0 bridgehead atoms. The average molecular weight is 319 g/mol. The van der Waals surface area contributed by atoms with Crippen molar-refractivity contribution >= 4 is 27.6 Å². The molecule has 1 atom stereocenters. The van der Waals surface area contributed by atoms with Crippen molar-refractivity contribution in [2.45, 2.75) is 12.3 Å². The Morgan fingerprint density at radius 3 is 2.79 bits per heavy atom. The van der Waals surface area contributed by atoms with Crippen LogP contribution in [0.15, 0.2) is 41.1 Å². The molecule has 1 aromatic heterocycles. The standard InChI is InChI=1S/C14H15BrN4/c15-12-13(16)17-9-18-14(12)19-7-6-11(8-19)10-4-2-1-3-5-10/h1-5,9,11H,6-8H2,(H2,16,17,18). The third kappa shape index (κ3) is 2.42. The van der Waals surface area contributed by atoms with Crippen molar-refractivity contribution in [1.82, 2.24) is 9.97 Å². The van der Waals surface area contributed by atoms with E-state index >= 15 is 0 Å². The molecule has 0 radical (unpaired) electrons. The highest BCUT2D eigenvalue weighted by Gasteiger charge is 2.26. The number of nitrogens with two attached hydrogens (primary N) is 1. The van der Waals surface area contributed by atoms with Crippen molar-refractivity contribution in [2.24, 2.45) is 0 Å². The molecule has 0 aliphatic carbocycles. The molecule has 19 heavy (non-hydrogen) atoms. The van der Waals surface area contributed by atoms with Gasteiger partial charge in [0.1, 0.15) is 22.4 Å². The normalized spacial score (nSPS) is 18.8. The number of halogens is 1. The van der Waals surface area contributed by atoms with E-state index in [0.717, 1.165) is 29.8 Å². The second kappa shape index (κ2) is 5.17. The van der Waals surface area contributed by atoms with Gasteiger partial charge in [0.05, 0.1) is 0 Å². The van der Waals surface area contributed by atoms with Crippen LogP contribution in [0.1, 0.15) is 17.9 Å². The van der Waals surface area contributed by atoms with Gasteiger partial charge in [-0.3, -0.25) is 0 Å². The second-order valence-electron chi connectivity index (χ2n) is 4.74. The van der Waals surface area contributed by atoms with Gasteiger partial charge in [-0.25, -0.2) is 9.97 Å². The van der Waals surface area contributed by atoms with Gasteiger partial charge in [0.15, 0.2) is 0 Å². The Balaban J connectivity index is 1.81. The van der Waals surface area contributed by atoms with E-state index < -0.39 is 0 Å². The van der Waals surface area contributed by atoms with Gasteiger partial charge in [-0.2, -0.15) is 0 Å². The minimum absolute atomic E-state index is 0.494. The molecule has 1 aliphatic rings. The Kier molecular flexibility index (Phi) is 3.38. The zero-order valence-corrected chi connectivity index (χ0v) is 12.0. The molecule has 0 amide bonds. The lowest BCUT2D eigenvalue weighted by Gasteiger charge is -2.19. The lowest BCUT2D eigenvalue weighted by atomic mass is 9.99. The maximum absolute atomic E-state index is 5.81. The van der Waals surface area contributed by atoms with Crippen LogP contribution in [0.4, 0.5) is 11.6 Å². The predicted molar refractivity (Wildman–Crippen MR) is 80.2 cm³/mol. The summed E-state index contributed by atoms with van der Waals surface area (Å²) < 4.78 is 0.795. The number of aromatic nitrogens is 2. The monoisotopic (exact) mass is 318 g/mol. The van der Waals surface area contributed by atoms with Crippen molar-refractivity contribution in [3.05, 3.63) is 46.7 Å². The van der Waals surface area contributed by atoms with Crippen LogP contribution in [0, 0.1) is 0 Å². The fourth-order valence-corrected chi connectivity index (χ4v) is 3.00. The first-order chi connectivity index (χ1) is 9.25. The van der Waals surface area contributed by atoms with E-state index in [1.54, 1.807) is 0 Å². The molecule has 2 aromatic rings. The van der Waals surface area contributed by atoms with Crippen molar-refractivity contribution in [1.29, 1.82) is 0 Å². The van der Waals surface area contributed by atoms with Gasteiger partial charge in [-0.1, -0.05) is 30.3 Å². The zero-order valence-electron chi connectivity index (χ0n) is 10.5.